The second kappa shape index (κ2) is 5.91. The van der Waals surface area contributed by atoms with Crippen LogP contribution in [0.4, 0.5) is 10.1 Å². The topological polar surface area (TPSA) is 39.7 Å². The van der Waals surface area contributed by atoms with Gasteiger partial charge in [0, 0.05) is 12.7 Å². The molecule has 1 aliphatic rings. The normalized spacial score (nSPS) is 23.5. The van der Waals surface area contributed by atoms with Crippen molar-refractivity contribution < 1.29 is 18.6 Å². The molecule has 1 aromatic carbocycles. The molecule has 1 heterocycles. The molecule has 0 radical (unpaired) electrons. The first-order chi connectivity index (χ1) is 8.74. The van der Waals surface area contributed by atoms with Crippen LogP contribution in [0, 0.1) is 0 Å². The minimum atomic E-state index is -1.00. The molecule has 0 spiro atoms. The molecule has 1 saturated heterocycles. The first kappa shape index (κ1) is 13.0. The third kappa shape index (κ3) is 2.85. The molecule has 1 N–H and O–H groups in total. The summed E-state index contributed by atoms with van der Waals surface area (Å²) in [4.78, 5) is 0. The van der Waals surface area contributed by atoms with Gasteiger partial charge in [0.05, 0.1) is 32.6 Å². The molecule has 2 atom stereocenters. The van der Waals surface area contributed by atoms with E-state index < -0.39 is 6.17 Å². The molecule has 0 aliphatic carbocycles. The second-order valence-corrected chi connectivity index (χ2v) is 4.20. The van der Waals surface area contributed by atoms with Gasteiger partial charge in [-0.25, -0.2) is 4.39 Å². The van der Waals surface area contributed by atoms with Crippen molar-refractivity contribution in [3.8, 4) is 11.5 Å². The summed E-state index contributed by atoms with van der Waals surface area (Å²) in [6, 6.07) is 5.16. The van der Waals surface area contributed by atoms with Crippen LogP contribution in [0.5, 0.6) is 11.5 Å². The van der Waals surface area contributed by atoms with Crippen molar-refractivity contribution in [2.24, 2.45) is 0 Å². The van der Waals surface area contributed by atoms with E-state index in [9.17, 15) is 4.39 Å². The Labute approximate surface area is 106 Å². The molecule has 2 rings (SSSR count). The molecule has 1 aliphatic heterocycles. The molecule has 0 amide bonds. The number of benzene rings is 1. The van der Waals surface area contributed by atoms with E-state index in [1.54, 1.807) is 32.4 Å². The van der Waals surface area contributed by atoms with Crippen molar-refractivity contribution in [2.45, 2.75) is 18.6 Å². The van der Waals surface area contributed by atoms with Gasteiger partial charge in [0.1, 0.15) is 17.7 Å². The molecule has 18 heavy (non-hydrogen) atoms. The maximum absolute atomic E-state index is 13.7. The van der Waals surface area contributed by atoms with E-state index in [4.69, 9.17) is 14.2 Å². The van der Waals surface area contributed by atoms with Gasteiger partial charge in [0.25, 0.3) is 0 Å². The summed E-state index contributed by atoms with van der Waals surface area (Å²) in [6.45, 7) is 0.717. The first-order valence-electron chi connectivity index (χ1n) is 5.95. The van der Waals surface area contributed by atoms with E-state index in [-0.39, 0.29) is 12.6 Å². The van der Waals surface area contributed by atoms with Gasteiger partial charge >= 0.3 is 0 Å². The Morgan fingerprint density at radius 1 is 1.33 bits per heavy atom. The third-order valence-corrected chi connectivity index (χ3v) is 3.03. The lowest BCUT2D eigenvalue weighted by Crippen LogP contribution is -2.39. The Morgan fingerprint density at radius 2 is 2.17 bits per heavy atom. The zero-order valence-corrected chi connectivity index (χ0v) is 10.6. The SMILES string of the molecule is COc1ccc(OC)c(NC2CCOCC2F)c1. The number of rotatable bonds is 4. The molecule has 1 aromatic rings. The number of methoxy groups -OCH3 is 2. The fourth-order valence-corrected chi connectivity index (χ4v) is 1.99. The molecule has 4 nitrogen and oxygen atoms in total. The summed E-state index contributed by atoms with van der Waals surface area (Å²) in [5.74, 6) is 1.38. The van der Waals surface area contributed by atoms with Crippen LogP contribution in [0.1, 0.15) is 6.42 Å². The second-order valence-electron chi connectivity index (χ2n) is 4.20. The quantitative estimate of drug-likeness (QED) is 0.895. The van der Waals surface area contributed by atoms with Gasteiger partial charge in [0.15, 0.2) is 0 Å². The smallest absolute Gasteiger partial charge is 0.143 e. The fourth-order valence-electron chi connectivity index (χ4n) is 1.99. The zero-order valence-electron chi connectivity index (χ0n) is 10.6. The molecule has 0 bridgehead atoms. The van der Waals surface area contributed by atoms with E-state index in [1.807, 2.05) is 0 Å². The summed E-state index contributed by atoms with van der Waals surface area (Å²) in [5.41, 5.74) is 0.742. The van der Waals surface area contributed by atoms with Gasteiger partial charge in [0.2, 0.25) is 0 Å². The number of ether oxygens (including phenoxy) is 3. The molecule has 0 aromatic heterocycles. The highest BCUT2D eigenvalue weighted by molar-refractivity contribution is 5.60. The Hall–Kier alpha value is -1.49. The largest absolute Gasteiger partial charge is 0.497 e. The molecule has 1 fully saturated rings. The summed E-state index contributed by atoms with van der Waals surface area (Å²) >= 11 is 0. The summed E-state index contributed by atoms with van der Waals surface area (Å²) < 4.78 is 29.2. The van der Waals surface area contributed by atoms with Crippen LogP contribution >= 0.6 is 0 Å². The van der Waals surface area contributed by atoms with Crippen LogP contribution < -0.4 is 14.8 Å². The molecule has 0 saturated carbocycles. The highest BCUT2D eigenvalue weighted by Gasteiger charge is 2.26. The highest BCUT2D eigenvalue weighted by Crippen LogP contribution is 2.30. The van der Waals surface area contributed by atoms with Crippen LogP contribution in [-0.2, 0) is 4.74 Å². The lowest BCUT2D eigenvalue weighted by atomic mass is 10.1. The van der Waals surface area contributed by atoms with Crippen LogP contribution in [0.2, 0.25) is 0 Å². The summed E-state index contributed by atoms with van der Waals surface area (Å²) in [5, 5.41) is 3.16. The van der Waals surface area contributed by atoms with Gasteiger partial charge < -0.3 is 19.5 Å². The van der Waals surface area contributed by atoms with Crippen molar-refractivity contribution in [1.82, 2.24) is 0 Å². The summed E-state index contributed by atoms with van der Waals surface area (Å²) in [6.07, 6.45) is -0.365. The van der Waals surface area contributed by atoms with Gasteiger partial charge in [-0.3, -0.25) is 0 Å². The molecule has 5 heteroatoms. The Morgan fingerprint density at radius 3 is 2.83 bits per heavy atom. The van der Waals surface area contributed by atoms with Crippen LogP contribution in [0.15, 0.2) is 18.2 Å². The van der Waals surface area contributed by atoms with Crippen molar-refractivity contribution in [1.29, 1.82) is 0 Å². The van der Waals surface area contributed by atoms with Crippen molar-refractivity contribution in [3.05, 3.63) is 18.2 Å². The van der Waals surface area contributed by atoms with E-state index in [1.165, 1.54) is 0 Å². The predicted molar refractivity (Wildman–Crippen MR) is 67.3 cm³/mol. The lowest BCUT2D eigenvalue weighted by molar-refractivity contribution is 0.0285. The molecular formula is C13H18FNO3. The number of nitrogens with one attached hydrogen (secondary N) is 1. The summed E-state index contributed by atoms with van der Waals surface area (Å²) in [7, 11) is 3.18. The third-order valence-electron chi connectivity index (χ3n) is 3.03. The maximum atomic E-state index is 13.7. The number of alkyl halides is 1. The Kier molecular flexibility index (Phi) is 4.25. The standard InChI is InChI=1S/C13H18FNO3/c1-16-9-3-4-13(17-2)12(7-9)15-11-5-6-18-8-10(11)14/h3-4,7,10-11,15H,5-6,8H2,1-2H3. The van der Waals surface area contributed by atoms with Crippen molar-refractivity contribution in [2.75, 3.05) is 32.8 Å². The fraction of sp³-hybridized carbons (Fsp3) is 0.538. The Balaban J connectivity index is 2.15. The van der Waals surface area contributed by atoms with Crippen molar-refractivity contribution in [3.63, 3.8) is 0 Å². The Bertz CT molecular complexity index is 400. The van der Waals surface area contributed by atoms with Gasteiger partial charge in [-0.1, -0.05) is 0 Å². The van der Waals surface area contributed by atoms with Gasteiger partial charge in [-0.05, 0) is 18.6 Å². The van der Waals surface area contributed by atoms with Crippen LogP contribution in [0.25, 0.3) is 0 Å². The van der Waals surface area contributed by atoms with E-state index in [0.717, 1.165) is 5.69 Å². The minimum absolute atomic E-state index is 0.143. The first-order valence-corrected chi connectivity index (χ1v) is 5.95. The number of hydrogen-bond donors (Lipinski definition) is 1. The minimum Gasteiger partial charge on any atom is -0.497 e. The van der Waals surface area contributed by atoms with E-state index >= 15 is 0 Å². The predicted octanol–water partition coefficient (Wildman–Crippen LogP) is 2.24. The monoisotopic (exact) mass is 255 g/mol. The lowest BCUT2D eigenvalue weighted by Gasteiger charge is -2.28. The average molecular weight is 255 g/mol. The van der Waals surface area contributed by atoms with Crippen LogP contribution in [-0.4, -0.2) is 39.6 Å². The van der Waals surface area contributed by atoms with E-state index in [0.29, 0.717) is 24.5 Å². The maximum Gasteiger partial charge on any atom is 0.143 e. The zero-order chi connectivity index (χ0) is 13.0. The number of anilines is 1. The highest BCUT2D eigenvalue weighted by atomic mass is 19.1. The van der Waals surface area contributed by atoms with Crippen molar-refractivity contribution >= 4 is 5.69 Å². The number of halogens is 1. The molecule has 2 unspecified atom stereocenters. The van der Waals surface area contributed by atoms with E-state index in [2.05, 4.69) is 5.32 Å². The van der Waals surface area contributed by atoms with Gasteiger partial charge in [-0.15, -0.1) is 0 Å². The molecular weight excluding hydrogens is 237 g/mol. The van der Waals surface area contributed by atoms with Gasteiger partial charge in [-0.2, -0.15) is 0 Å². The van der Waals surface area contributed by atoms with Crippen LogP contribution in [0.3, 0.4) is 0 Å². The molecule has 100 valence electrons. The average Bonchev–Trinajstić information content (AvgIpc) is 2.41. The number of hydrogen-bond acceptors (Lipinski definition) is 4.